The lowest BCUT2D eigenvalue weighted by Crippen LogP contribution is -2.61. The predicted octanol–water partition coefficient (Wildman–Crippen LogP) is 1.68. The van der Waals surface area contributed by atoms with Crippen LogP contribution in [0.3, 0.4) is 0 Å². The van der Waals surface area contributed by atoms with Crippen molar-refractivity contribution in [3.05, 3.63) is 0 Å². The van der Waals surface area contributed by atoms with E-state index in [4.69, 9.17) is 4.74 Å². The molecule has 0 bridgehead atoms. The molecule has 0 saturated carbocycles. The van der Waals surface area contributed by atoms with E-state index in [0.29, 0.717) is 31.0 Å². The summed E-state index contributed by atoms with van der Waals surface area (Å²) in [5.41, 5.74) is -0.446. The molecule has 0 N–H and O–H groups in total. The third kappa shape index (κ3) is 2.34. The summed E-state index contributed by atoms with van der Waals surface area (Å²) in [5.74, 6) is 0.899. The SMILES string of the molecule is CC(C)(C)OC(=O)N1CC2(CC(=O)CS2)C1. The molecular formula is C11H17NO3S. The van der Waals surface area contributed by atoms with Gasteiger partial charge in [-0.3, -0.25) is 4.79 Å². The van der Waals surface area contributed by atoms with Crippen LogP contribution in [-0.4, -0.2) is 46.0 Å². The van der Waals surface area contributed by atoms with E-state index < -0.39 is 5.60 Å². The second kappa shape index (κ2) is 3.65. The predicted molar refractivity (Wildman–Crippen MR) is 62.6 cm³/mol. The fraction of sp³-hybridized carbons (Fsp3) is 0.818. The molecule has 0 unspecified atom stereocenters. The summed E-state index contributed by atoms with van der Waals surface area (Å²) < 4.78 is 5.27. The van der Waals surface area contributed by atoms with Crippen LogP contribution in [0.25, 0.3) is 0 Å². The van der Waals surface area contributed by atoms with Crippen molar-refractivity contribution < 1.29 is 14.3 Å². The third-order valence-corrected chi connectivity index (χ3v) is 4.15. The van der Waals surface area contributed by atoms with Crippen molar-refractivity contribution in [2.75, 3.05) is 18.8 Å². The molecule has 0 aromatic rings. The molecule has 90 valence electrons. The van der Waals surface area contributed by atoms with Gasteiger partial charge < -0.3 is 9.64 Å². The largest absolute Gasteiger partial charge is 0.444 e. The summed E-state index contributed by atoms with van der Waals surface area (Å²) in [5, 5.41) is 0. The summed E-state index contributed by atoms with van der Waals surface area (Å²) >= 11 is 1.68. The molecule has 16 heavy (non-hydrogen) atoms. The van der Waals surface area contributed by atoms with Gasteiger partial charge in [-0.1, -0.05) is 0 Å². The third-order valence-electron chi connectivity index (χ3n) is 2.67. The van der Waals surface area contributed by atoms with Crippen LogP contribution >= 0.6 is 11.8 Å². The first-order chi connectivity index (χ1) is 7.30. The highest BCUT2D eigenvalue weighted by atomic mass is 32.2. The molecule has 0 aromatic heterocycles. The zero-order chi connectivity index (χ0) is 12.0. The van der Waals surface area contributed by atoms with Crippen molar-refractivity contribution in [2.24, 2.45) is 0 Å². The Morgan fingerprint density at radius 1 is 1.44 bits per heavy atom. The number of rotatable bonds is 0. The second-order valence-corrected chi connectivity index (χ2v) is 6.97. The molecule has 2 heterocycles. The first-order valence-electron chi connectivity index (χ1n) is 5.43. The smallest absolute Gasteiger partial charge is 0.410 e. The van der Waals surface area contributed by atoms with E-state index in [-0.39, 0.29) is 10.8 Å². The number of hydrogen-bond donors (Lipinski definition) is 0. The summed E-state index contributed by atoms with van der Waals surface area (Å²) in [6.07, 6.45) is 0.342. The number of Topliss-reactive ketones (excluding diaryl/α,β-unsaturated/α-hetero) is 1. The standard InChI is InChI=1S/C11H17NO3S/c1-10(2,3)15-9(14)12-6-11(7-12)4-8(13)5-16-11/h4-7H2,1-3H3. The quantitative estimate of drug-likeness (QED) is 0.649. The molecule has 5 heteroatoms. The Kier molecular flexibility index (Phi) is 2.69. The zero-order valence-electron chi connectivity index (χ0n) is 9.91. The van der Waals surface area contributed by atoms with Crippen molar-refractivity contribution in [3.8, 4) is 0 Å². The normalized spacial score (nSPS) is 23.4. The highest BCUT2D eigenvalue weighted by Gasteiger charge is 2.51. The van der Waals surface area contributed by atoms with E-state index in [2.05, 4.69) is 0 Å². The minimum atomic E-state index is -0.446. The lowest BCUT2D eigenvalue weighted by atomic mass is 9.94. The highest BCUT2D eigenvalue weighted by molar-refractivity contribution is 8.02. The number of carbonyl (C=O) groups is 2. The first-order valence-corrected chi connectivity index (χ1v) is 6.42. The molecular weight excluding hydrogens is 226 g/mol. The number of ether oxygens (including phenoxy) is 1. The molecule has 2 saturated heterocycles. The number of amides is 1. The van der Waals surface area contributed by atoms with Gasteiger partial charge in [-0.15, -0.1) is 11.8 Å². The van der Waals surface area contributed by atoms with Gasteiger partial charge >= 0.3 is 6.09 Å². The molecule has 2 rings (SSSR count). The number of ketones is 1. The average Bonchev–Trinajstić information content (AvgIpc) is 2.41. The average molecular weight is 243 g/mol. The van der Waals surface area contributed by atoms with Crippen LogP contribution in [0.4, 0.5) is 4.79 Å². The van der Waals surface area contributed by atoms with Crippen molar-refractivity contribution in [3.63, 3.8) is 0 Å². The Morgan fingerprint density at radius 3 is 2.50 bits per heavy atom. The van der Waals surface area contributed by atoms with Crippen LogP contribution in [0.2, 0.25) is 0 Å². The number of hydrogen-bond acceptors (Lipinski definition) is 4. The Labute approximate surface area is 99.7 Å². The van der Waals surface area contributed by atoms with Gasteiger partial charge in [0.2, 0.25) is 0 Å². The van der Waals surface area contributed by atoms with E-state index in [0.717, 1.165) is 0 Å². The lowest BCUT2D eigenvalue weighted by Gasteiger charge is -2.46. The van der Waals surface area contributed by atoms with Crippen LogP contribution in [0.1, 0.15) is 27.2 Å². The summed E-state index contributed by atoms with van der Waals surface area (Å²) in [6.45, 7) is 6.87. The zero-order valence-corrected chi connectivity index (χ0v) is 10.7. The summed E-state index contributed by atoms with van der Waals surface area (Å²) in [6, 6.07) is 0. The molecule has 1 amide bonds. The van der Waals surface area contributed by atoms with Gasteiger partial charge in [-0.25, -0.2) is 4.79 Å². The van der Waals surface area contributed by atoms with Crippen molar-refractivity contribution in [1.82, 2.24) is 4.90 Å². The van der Waals surface area contributed by atoms with Gasteiger partial charge in [-0.2, -0.15) is 0 Å². The summed E-state index contributed by atoms with van der Waals surface area (Å²) in [4.78, 5) is 24.6. The van der Waals surface area contributed by atoms with Crippen LogP contribution in [0, 0.1) is 0 Å². The van der Waals surface area contributed by atoms with E-state index in [9.17, 15) is 9.59 Å². The molecule has 2 aliphatic rings. The number of likely N-dealkylation sites (tertiary alicyclic amines) is 1. The molecule has 0 aliphatic carbocycles. The molecule has 2 fully saturated rings. The fourth-order valence-electron chi connectivity index (χ4n) is 2.00. The maximum Gasteiger partial charge on any atom is 0.410 e. The number of thioether (sulfide) groups is 1. The lowest BCUT2D eigenvalue weighted by molar-refractivity contribution is -0.117. The molecule has 0 radical (unpaired) electrons. The minimum Gasteiger partial charge on any atom is -0.444 e. The molecule has 0 aromatic carbocycles. The Balaban J connectivity index is 1.84. The van der Waals surface area contributed by atoms with Crippen molar-refractivity contribution in [2.45, 2.75) is 37.5 Å². The Hall–Kier alpha value is -0.710. The van der Waals surface area contributed by atoms with Gasteiger partial charge in [-0.05, 0) is 20.8 Å². The van der Waals surface area contributed by atoms with E-state index in [1.54, 1.807) is 16.7 Å². The molecule has 4 nitrogen and oxygen atoms in total. The first kappa shape index (κ1) is 11.8. The van der Waals surface area contributed by atoms with Gasteiger partial charge in [0.25, 0.3) is 0 Å². The molecule has 2 aliphatic heterocycles. The maximum absolute atomic E-state index is 11.7. The Morgan fingerprint density at radius 2 is 2.06 bits per heavy atom. The van der Waals surface area contributed by atoms with E-state index in [1.807, 2.05) is 20.8 Å². The Bertz CT molecular complexity index is 329. The van der Waals surface area contributed by atoms with Crippen LogP contribution in [-0.2, 0) is 9.53 Å². The van der Waals surface area contributed by atoms with E-state index in [1.165, 1.54) is 0 Å². The monoisotopic (exact) mass is 243 g/mol. The van der Waals surface area contributed by atoms with Gasteiger partial charge in [0.05, 0.1) is 10.5 Å². The van der Waals surface area contributed by atoms with Crippen molar-refractivity contribution >= 4 is 23.6 Å². The van der Waals surface area contributed by atoms with Crippen LogP contribution in [0.5, 0.6) is 0 Å². The van der Waals surface area contributed by atoms with Gasteiger partial charge in [0.1, 0.15) is 11.4 Å². The number of nitrogens with zero attached hydrogens (tertiary/aromatic N) is 1. The summed E-state index contributed by atoms with van der Waals surface area (Å²) in [7, 11) is 0. The van der Waals surface area contributed by atoms with Gasteiger partial charge in [0, 0.05) is 19.5 Å². The van der Waals surface area contributed by atoms with Gasteiger partial charge in [0.15, 0.2) is 0 Å². The van der Waals surface area contributed by atoms with Crippen LogP contribution in [0.15, 0.2) is 0 Å². The molecule has 1 spiro atoms. The second-order valence-electron chi connectivity index (χ2n) is 5.52. The van der Waals surface area contributed by atoms with Crippen molar-refractivity contribution in [1.29, 1.82) is 0 Å². The number of carbonyl (C=O) groups excluding carboxylic acids is 2. The van der Waals surface area contributed by atoms with E-state index >= 15 is 0 Å². The molecule has 0 atom stereocenters. The maximum atomic E-state index is 11.7. The highest BCUT2D eigenvalue weighted by Crippen LogP contribution is 2.43. The van der Waals surface area contributed by atoms with Crippen LogP contribution < -0.4 is 0 Å². The minimum absolute atomic E-state index is 0.00792. The fourth-order valence-corrected chi connectivity index (χ4v) is 3.33. The topological polar surface area (TPSA) is 46.6 Å².